The van der Waals surface area contributed by atoms with E-state index < -0.39 is 0 Å². The molecule has 2 aromatic carbocycles. The van der Waals surface area contributed by atoms with E-state index in [1.54, 1.807) is 14.2 Å². The van der Waals surface area contributed by atoms with E-state index in [2.05, 4.69) is 15.0 Å². The number of benzene rings is 2. The van der Waals surface area contributed by atoms with Gasteiger partial charge in [0.1, 0.15) is 11.5 Å². The van der Waals surface area contributed by atoms with Crippen LogP contribution < -0.4 is 9.47 Å². The van der Waals surface area contributed by atoms with Crippen LogP contribution in [0.2, 0.25) is 5.02 Å². The Morgan fingerprint density at radius 3 is 2.52 bits per heavy atom. The van der Waals surface area contributed by atoms with Gasteiger partial charge in [0.25, 0.3) is 0 Å². The van der Waals surface area contributed by atoms with Crippen LogP contribution in [0.3, 0.4) is 0 Å². The van der Waals surface area contributed by atoms with Gasteiger partial charge in [0.2, 0.25) is 11.7 Å². The fourth-order valence-electron chi connectivity index (χ4n) is 3.22. The minimum absolute atomic E-state index is 0.248. The molecule has 0 bridgehead atoms. The molecule has 0 saturated carbocycles. The second-order valence-electron chi connectivity index (χ2n) is 6.58. The number of methoxy groups -OCH3 is 2. The summed E-state index contributed by atoms with van der Waals surface area (Å²) in [6.07, 6.45) is 0. The zero-order valence-electron chi connectivity index (χ0n) is 15.2. The van der Waals surface area contributed by atoms with Gasteiger partial charge in [0.15, 0.2) is 0 Å². The molecule has 1 aliphatic heterocycles. The summed E-state index contributed by atoms with van der Waals surface area (Å²) in [6, 6.07) is 13.4. The lowest BCUT2D eigenvalue weighted by molar-refractivity contribution is 0.117. The third kappa shape index (κ3) is 3.91. The number of ether oxygens (including phenoxy) is 2. The van der Waals surface area contributed by atoms with Crippen molar-refractivity contribution in [2.24, 2.45) is 0 Å². The highest BCUT2D eigenvalue weighted by Crippen LogP contribution is 2.31. The van der Waals surface area contributed by atoms with Gasteiger partial charge >= 0.3 is 0 Å². The number of aromatic nitrogens is 2. The molecule has 1 saturated heterocycles. The number of hydrogen-bond donors (Lipinski definition) is 0. The molecule has 7 heteroatoms. The first kappa shape index (κ1) is 17.8. The van der Waals surface area contributed by atoms with E-state index in [-0.39, 0.29) is 5.92 Å². The summed E-state index contributed by atoms with van der Waals surface area (Å²) in [5.41, 5.74) is 2.01. The van der Waals surface area contributed by atoms with Gasteiger partial charge in [0, 0.05) is 36.3 Å². The Labute approximate surface area is 162 Å². The van der Waals surface area contributed by atoms with E-state index in [9.17, 15) is 0 Å². The third-order valence-corrected chi connectivity index (χ3v) is 4.88. The second-order valence-corrected chi connectivity index (χ2v) is 7.01. The van der Waals surface area contributed by atoms with Gasteiger partial charge in [-0.3, -0.25) is 4.90 Å². The van der Waals surface area contributed by atoms with Crippen molar-refractivity contribution in [3.8, 4) is 22.9 Å². The zero-order valence-corrected chi connectivity index (χ0v) is 15.9. The lowest BCUT2D eigenvalue weighted by Gasteiger charge is -2.37. The molecule has 0 radical (unpaired) electrons. The molecule has 0 unspecified atom stereocenters. The van der Waals surface area contributed by atoms with Crippen molar-refractivity contribution in [1.29, 1.82) is 0 Å². The quantitative estimate of drug-likeness (QED) is 0.639. The Bertz CT molecular complexity index is 915. The molecule has 0 amide bonds. The van der Waals surface area contributed by atoms with Crippen LogP contribution in [0, 0.1) is 0 Å². The number of rotatable bonds is 6. The average Bonchev–Trinajstić information content (AvgIpc) is 3.13. The monoisotopic (exact) mass is 385 g/mol. The predicted molar refractivity (Wildman–Crippen MR) is 102 cm³/mol. The van der Waals surface area contributed by atoms with E-state index in [0.717, 1.165) is 42.3 Å². The number of nitrogens with zero attached hydrogens (tertiary/aromatic N) is 3. The maximum atomic E-state index is 6.03. The minimum Gasteiger partial charge on any atom is -0.497 e. The van der Waals surface area contributed by atoms with Gasteiger partial charge in [-0.25, -0.2) is 0 Å². The van der Waals surface area contributed by atoms with E-state index >= 15 is 0 Å². The van der Waals surface area contributed by atoms with Gasteiger partial charge in [-0.05, 0) is 29.8 Å². The van der Waals surface area contributed by atoms with Crippen molar-refractivity contribution in [3.63, 3.8) is 0 Å². The second kappa shape index (κ2) is 7.58. The lowest BCUT2D eigenvalue weighted by atomic mass is 9.99. The molecule has 3 aromatic rings. The highest BCUT2D eigenvalue weighted by atomic mass is 35.5. The Kier molecular flexibility index (Phi) is 5.01. The minimum atomic E-state index is 0.248. The Morgan fingerprint density at radius 2 is 1.85 bits per heavy atom. The standard InChI is InChI=1S/C20H20ClN3O3/c1-25-17-6-13(7-18(9-17)26-2)10-24-11-15(12-24)20-22-19(23-27-20)14-4-3-5-16(21)8-14/h3-9,15H,10-12H2,1-2H3. The number of halogens is 1. The first-order chi connectivity index (χ1) is 13.1. The molecule has 0 aliphatic carbocycles. The molecule has 27 heavy (non-hydrogen) atoms. The largest absolute Gasteiger partial charge is 0.497 e. The Hall–Kier alpha value is -2.57. The number of likely N-dealkylation sites (tertiary alicyclic amines) is 1. The fourth-order valence-corrected chi connectivity index (χ4v) is 3.41. The molecule has 0 N–H and O–H groups in total. The molecule has 6 nitrogen and oxygen atoms in total. The van der Waals surface area contributed by atoms with E-state index in [4.69, 9.17) is 25.6 Å². The van der Waals surface area contributed by atoms with Gasteiger partial charge < -0.3 is 14.0 Å². The molecule has 0 spiro atoms. The van der Waals surface area contributed by atoms with Gasteiger partial charge in [-0.2, -0.15) is 4.98 Å². The zero-order chi connectivity index (χ0) is 18.8. The fraction of sp³-hybridized carbons (Fsp3) is 0.300. The average molecular weight is 386 g/mol. The summed E-state index contributed by atoms with van der Waals surface area (Å²) in [5.74, 6) is 3.08. The third-order valence-electron chi connectivity index (χ3n) is 4.65. The topological polar surface area (TPSA) is 60.6 Å². The first-order valence-corrected chi connectivity index (χ1v) is 9.06. The number of hydrogen-bond acceptors (Lipinski definition) is 6. The van der Waals surface area contributed by atoms with Crippen molar-refractivity contribution in [1.82, 2.24) is 15.0 Å². The predicted octanol–water partition coefficient (Wildman–Crippen LogP) is 4.01. The van der Waals surface area contributed by atoms with Crippen LogP contribution in [-0.2, 0) is 6.54 Å². The summed E-state index contributed by atoms with van der Waals surface area (Å²) in [6.45, 7) is 2.56. The van der Waals surface area contributed by atoms with Crippen LogP contribution in [0.4, 0.5) is 0 Å². The molecule has 140 valence electrons. The lowest BCUT2D eigenvalue weighted by Crippen LogP contribution is -2.44. The highest BCUT2D eigenvalue weighted by Gasteiger charge is 2.32. The molecule has 1 aliphatic rings. The van der Waals surface area contributed by atoms with Crippen LogP contribution in [0.5, 0.6) is 11.5 Å². The van der Waals surface area contributed by atoms with Crippen LogP contribution in [0.1, 0.15) is 17.4 Å². The maximum absolute atomic E-state index is 6.03. The van der Waals surface area contributed by atoms with Gasteiger partial charge in [-0.1, -0.05) is 28.9 Å². The molecule has 1 aromatic heterocycles. The smallest absolute Gasteiger partial charge is 0.232 e. The van der Waals surface area contributed by atoms with Crippen molar-refractivity contribution in [2.45, 2.75) is 12.5 Å². The van der Waals surface area contributed by atoms with Crippen molar-refractivity contribution in [2.75, 3.05) is 27.3 Å². The van der Waals surface area contributed by atoms with Gasteiger partial charge in [0.05, 0.1) is 20.1 Å². The van der Waals surface area contributed by atoms with Crippen LogP contribution in [0.15, 0.2) is 47.0 Å². The Balaban J connectivity index is 1.39. The summed E-state index contributed by atoms with van der Waals surface area (Å²) in [4.78, 5) is 6.86. The van der Waals surface area contributed by atoms with E-state index in [1.807, 2.05) is 42.5 Å². The summed E-state index contributed by atoms with van der Waals surface area (Å²) in [7, 11) is 3.32. The normalized spacial score (nSPS) is 14.8. The summed E-state index contributed by atoms with van der Waals surface area (Å²) >= 11 is 6.03. The molecule has 4 rings (SSSR count). The Morgan fingerprint density at radius 1 is 1.11 bits per heavy atom. The summed E-state index contributed by atoms with van der Waals surface area (Å²) in [5, 5.41) is 4.74. The van der Waals surface area contributed by atoms with Crippen molar-refractivity contribution < 1.29 is 14.0 Å². The molecule has 1 fully saturated rings. The molecule has 0 atom stereocenters. The highest BCUT2D eigenvalue weighted by molar-refractivity contribution is 6.30. The first-order valence-electron chi connectivity index (χ1n) is 8.68. The van der Waals surface area contributed by atoms with Gasteiger partial charge in [-0.15, -0.1) is 0 Å². The maximum Gasteiger partial charge on any atom is 0.232 e. The molecular weight excluding hydrogens is 366 g/mol. The SMILES string of the molecule is COc1cc(CN2CC(c3nc(-c4cccc(Cl)c4)no3)C2)cc(OC)c1. The summed E-state index contributed by atoms with van der Waals surface area (Å²) < 4.78 is 16.1. The molecule has 2 heterocycles. The molecular formula is C20H20ClN3O3. The van der Waals surface area contributed by atoms with Crippen LogP contribution >= 0.6 is 11.6 Å². The van der Waals surface area contributed by atoms with Crippen molar-refractivity contribution >= 4 is 11.6 Å². The van der Waals surface area contributed by atoms with E-state index in [0.29, 0.717) is 16.7 Å². The van der Waals surface area contributed by atoms with Crippen LogP contribution in [0.25, 0.3) is 11.4 Å². The van der Waals surface area contributed by atoms with E-state index in [1.165, 1.54) is 0 Å². The van der Waals surface area contributed by atoms with Crippen molar-refractivity contribution in [3.05, 3.63) is 58.9 Å². The van der Waals surface area contributed by atoms with Crippen LogP contribution in [-0.4, -0.2) is 42.3 Å².